The monoisotopic (exact) mass is 261 g/mol. The molecule has 2 aliphatic rings. The largest absolute Gasteiger partial charge is 0.382 e. The van der Waals surface area contributed by atoms with Crippen LogP contribution in [0.25, 0.3) is 0 Å². The Morgan fingerprint density at radius 1 is 1.37 bits per heavy atom. The average molecular weight is 261 g/mol. The lowest BCUT2D eigenvalue weighted by molar-refractivity contribution is 0.120. The molecule has 2 heterocycles. The highest BCUT2D eigenvalue weighted by Gasteiger charge is 2.20. The Hall–Kier alpha value is -1.75. The highest BCUT2D eigenvalue weighted by atomic mass is 16.5. The van der Waals surface area contributed by atoms with Gasteiger partial charge in [0.2, 0.25) is 0 Å². The smallest absolute Gasteiger partial charge is 0.321 e. The van der Waals surface area contributed by atoms with Crippen molar-refractivity contribution in [2.24, 2.45) is 0 Å². The first-order valence-electron chi connectivity index (χ1n) is 6.84. The number of hydrogen-bond acceptors (Lipinski definition) is 3. The van der Waals surface area contributed by atoms with Crippen LogP contribution >= 0.6 is 0 Å². The minimum Gasteiger partial charge on any atom is -0.382 e. The second kappa shape index (κ2) is 5.48. The number of hydrogen-bond donors (Lipinski definition) is 2. The van der Waals surface area contributed by atoms with Crippen LogP contribution in [0.5, 0.6) is 0 Å². The van der Waals surface area contributed by atoms with E-state index in [1.165, 1.54) is 0 Å². The molecule has 2 amide bonds. The molecule has 1 atom stereocenters. The Morgan fingerprint density at radius 2 is 2.21 bits per heavy atom. The molecule has 1 aromatic rings. The molecular weight excluding hydrogens is 242 g/mol. The summed E-state index contributed by atoms with van der Waals surface area (Å²) in [6.45, 7) is 3.19. The molecule has 102 valence electrons. The van der Waals surface area contributed by atoms with E-state index >= 15 is 0 Å². The molecule has 2 fully saturated rings. The van der Waals surface area contributed by atoms with Gasteiger partial charge in [-0.15, -0.1) is 0 Å². The van der Waals surface area contributed by atoms with Gasteiger partial charge in [0.15, 0.2) is 0 Å². The standard InChI is InChI=1S/C14H19N3O2/c18-14-15-7-8-17(14)12-5-3-11(4-6-12)16-10-13-2-1-9-19-13/h3-6,13,16H,1-2,7-10H2,(H,15,18). The first-order chi connectivity index (χ1) is 9.33. The van der Waals surface area contributed by atoms with Gasteiger partial charge in [0.25, 0.3) is 0 Å². The molecule has 2 N–H and O–H groups in total. The fourth-order valence-corrected chi connectivity index (χ4v) is 2.51. The van der Waals surface area contributed by atoms with Crippen molar-refractivity contribution in [3.8, 4) is 0 Å². The van der Waals surface area contributed by atoms with Gasteiger partial charge in [-0.05, 0) is 37.1 Å². The van der Waals surface area contributed by atoms with E-state index in [1.807, 2.05) is 24.3 Å². The summed E-state index contributed by atoms with van der Waals surface area (Å²) in [5, 5.41) is 6.17. The Bertz CT molecular complexity index is 441. The Morgan fingerprint density at radius 3 is 2.84 bits per heavy atom. The van der Waals surface area contributed by atoms with Crippen LogP contribution < -0.4 is 15.5 Å². The van der Waals surface area contributed by atoms with Gasteiger partial charge in [0, 0.05) is 37.6 Å². The highest BCUT2D eigenvalue weighted by Crippen LogP contribution is 2.20. The van der Waals surface area contributed by atoms with Gasteiger partial charge in [0.1, 0.15) is 0 Å². The van der Waals surface area contributed by atoms with Crippen molar-refractivity contribution in [1.82, 2.24) is 5.32 Å². The van der Waals surface area contributed by atoms with Gasteiger partial charge in [-0.2, -0.15) is 0 Å². The van der Waals surface area contributed by atoms with Gasteiger partial charge >= 0.3 is 6.03 Å². The van der Waals surface area contributed by atoms with Crippen LogP contribution in [0.15, 0.2) is 24.3 Å². The van der Waals surface area contributed by atoms with E-state index in [1.54, 1.807) is 4.90 Å². The highest BCUT2D eigenvalue weighted by molar-refractivity contribution is 5.94. The van der Waals surface area contributed by atoms with Crippen molar-refractivity contribution in [3.63, 3.8) is 0 Å². The first kappa shape index (κ1) is 12.3. The third kappa shape index (κ3) is 2.81. The summed E-state index contributed by atoms with van der Waals surface area (Å²) in [6.07, 6.45) is 2.64. The number of nitrogens with one attached hydrogen (secondary N) is 2. The molecule has 19 heavy (non-hydrogen) atoms. The molecule has 0 saturated carbocycles. The minimum absolute atomic E-state index is 0.0138. The van der Waals surface area contributed by atoms with Crippen molar-refractivity contribution in [3.05, 3.63) is 24.3 Å². The molecule has 5 nitrogen and oxygen atoms in total. The van der Waals surface area contributed by atoms with Gasteiger partial charge in [-0.25, -0.2) is 4.79 Å². The maximum absolute atomic E-state index is 11.5. The second-order valence-corrected chi connectivity index (χ2v) is 4.95. The minimum atomic E-state index is -0.0138. The summed E-state index contributed by atoms with van der Waals surface area (Å²) in [6, 6.07) is 7.96. The molecule has 1 aromatic carbocycles. The number of carbonyl (C=O) groups is 1. The van der Waals surface area contributed by atoms with Crippen molar-refractivity contribution in [2.45, 2.75) is 18.9 Å². The van der Waals surface area contributed by atoms with Crippen molar-refractivity contribution in [1.29, 1.82) is 0 Å². The summed E-state index contributed by atoms with van der Waals surface area (Å²) < 4.78 is 5.57. The van der Waals surface area contributed by atoms with Crippen LogP contribution in [0.4, 0.5) is 16.2 Å². The SMILES string of the molecule is O=C1NCCN1c1ccc(NCC2CCCO2)cc1. The molecule has 0 bridgehead atoms. The molecule has 0 radical (unpaired) electrons. The van der Waals surface area contributed by atoms with Crippen LogP contribution in [0.1, 0.15) is 12.8 Å². The first-order valence-corrected chi connectivity index (χ1v) is 6.84. The van der Waals surface area contributed by atoms with Crippen LogP contribution in [0.2, 0.25) is 0 Å². The zero-order valence-corrected chi connectivity index (χ0v) is 10.9. The lowest BCUT2D eigenvalue weighted by Crippen LogP contribution is -2.27. The fraction of sp³-hybridized carbons (Fsp3) is 0.500. The third-order valence-electron chi connectivity index (χ3n) is 3.59. The number of urea groups is 1. The summed E-state index contributed by atoms with van der Waals surface area (Å²) in [4.78, 5) is 13.3. The van der Waals surface area contributed by atoms with Gasteiger partial charge < -0.3 is 15.4 Å². The van der Waals surface area contributed by atoms with Crippen LogP contribution in [-0.4, -0.2) is 38.4 Å². The van der Waals surface area contributed by atoms with Crippen LogP contribution in [0, 0.1) is 0 Å². The predicted molar refractivity (Wildman–Crippen MR) is 74.7 cm³/mol. The lowest BCUT2D eigenvalue weighted by Gasteiger charge is -2.16. The Labute approximate surface area is 112 Å². The molecule has 1 unspecified atom stereocenters. The Kier molecular flexibility index (Phi) is 3.55. The van der Waals surface area contributed by atoms with E-state index in [-0.39, 0.29) is 6.03 Å². The molecule has 2 aliphatic heterocycles. The maximum Gasteiger partial charge on any atom is 0.321 e. The third-order valence-corrected chi connectivity index (χ3v) is 3.59. The zero-order chi connectivity index (χ0) is 13.1. The van der Waals surface area contributed by atoms with Gasteiger partial charge in [0.05, 0.1) is 6.10 Å². The van der Waals surface area contributed by atoms with Crippen LogP contribution in [-0.2, 0) is 4.74 Å². The number of amides is 2. The normalized spacial score (nSPS) is 22.6. The van der Waals surface area contributed by atoms with E-state index < -0.39 is 0 Å². The van der Waals surface area contributed by atoms with Crippen molar-refractivity contribution in [2.75, 3.05) is 36.5 Å². The van der Waals surface area contributed by atoms with Gasteiger partial charge in [-0.3, -0.25) is 4.90 Å². The number of rotatable bonds is 4. The van der Waals surface area contributed by atoms with E-state index in [4.69, 9.17) is 4.74 Å². The van der Waals surface area contributed by atoms with Gasteiger partial charge in [-0.1, -0.05) is 0 Å². The lowest BCUT2D eigenvalue weighted by atomic mass is 10.2. The van der Waals surface area contributed by atoms with E-state index in [0.29, 0.717) is 6.10 Å². The second-order valence-electron chi connectivity index (χ2n) is 4.95. The molecule has 5 heteroatoms. The number of nitrogens with zero attached hydrogens (tertiary/aromatic N) is 1. The molecule has 3 rings (SSSR count). The van der Waals surface area contributed by atoms with E-state index in [9.17, 15) is 4.79 Å². The number of ether oxygens (including phenoxy) is 1. The molecule has 2 saturated heterocycles. The summed E-state index contributed by atoms with van der Waals surface area (Å²) in [7, 11) is 0. The van der Waals surface area contributed by atoms with Crippen molar-refractivity contribution >= 4 is 17.4 Å². The number of carbonyl (C=O) groups excluding carboxylic acids is 1. The molecule has 0 spiro atoms. The molecular formula is C14H19N3O2. The van der Waals surface area contributed by atoms with E-state index in [2.05, 4.69) is 10.6 Å². The summed E-state index contributed by atoms with van der Waals surface area (Å²) >= 11 is 0. The van der Waals surface area contributed by atoms with E-state index in [0.717, 1.165) is 50.5 Å². The Balaban J connectivity index is 1.57. The number of benzene rings is 1. The maximum atomic E-state index is 11.5. The fourth-order valence-electron chi connectivity index (χ4n) is 2.51. The molecule has 0 aromatic heterocycles. The number of anilines is 2. The van der Waals surface area contributed by atoms with Crippen LogP contribution in [0.3, 0.4) is 0 Å². The zero-order valence-electron chi connectivity index (χ0n) is 10.9. The molecule has 0 aliphatic carbocycles. The van der Waals surface area contributed by atoms with Crippen molar-refractivity contribution < 1.29 is 9.53 Å². The summed E-state index contributed by atoms with van der Waals surface area (Å²) in [5.74, 6) is 0. The topological polar surface area (TPSA) is 53.6 Å². The average Bonchev–Trinajstić information content (AvgIpc) is 3.08. The predicted octanol–water partition coefficient (Wildman–Crippen LogP) is 1.81. The summed E-state index contributed by atoms with van der Waals surface area (Å²) in [5.41, 5.74) is 2.01. The quantitative estimate of drug-likeness (QED) is 0.869.